The first kappa shape index (κ1) is 12.0. The van der Waals surface area contributed by atoms with Crippen LogP contribution in [0.1, 0.15) is 30.1 Å². The number of hydrogen-bond donors (Lipinski definition) is 0. The van der Waals surface area contributed by atoms with Crippen LogP contribution >= 0.6 is 0 Å². The Bertz CT molecular complexity index is 436. The predicted molar refractivity (Wildman–Crippen MR) is 60.9 cm³/mol. The third kappa shape index (κ3) is 2.05. The van der Waals surface area contributed by atoms with Crippen molar-refractivity contribution < 1.29 is 18.7 Å². The first-order chi connectivity index (χ1) is 8.08. The number of ether oxygens (including phenoxy) is 2. The largest absolute Gasteiger partial charge is 0.494 e. The van der Waals surface area contributed by atoms with E-state index in [2.05, 4.69) is 0 Å². The predicted octanol–water partition coefficient (Wildman–Crippen LogP) is 2.59. The van der Waals surface area contributed by atoms with E-state index in [1.165, 1.54) is 19.2 Å². The molecule has 1 aromatic rings. The maximum atomic E-state index is 13.9. The van der Waals surface area contributed by atoms with Crippen LogP contribution in [-0.2, 0) is 4.74 Å². The molecular formula is C13H15FO3. The van der Waals surface area contributed by atoms with Gasteiger partial charge in [0, 0.05) is 6.61 Å². The van der Waals surface area contributed by atoms with Gasteiger partial charge in [-0.3, -0.25) is 4.79 Å². The second kappa shape index (κ2) is 4.45. The molecule has 1 saturated heterocycles. The van der Waals surface area contributed by atoms with E-state index in [9.17, 15) is 9.18 Å². The number of hydrogen-bond acceptors (Lipinski definition) is 3. The van der Waals surface area contributed by atoms with Gasteiger partial charge in [-0.15, -0.1) is 0 Å². The summed E-state index contributed by atoms with van der Waals surface area (Å²) in [5, 5.41) is 0. The average molecular weight is 238 g/mol. The highest BCUT2D eigenvalue weighted by Crippen LogP contribution is 2.31. The normalized spacial score (nSPS) is 23.7. The standard InChI is InChI=1S/C13H15FO3/c1-13(7-4-8-17-13)12(15)9-5-3-6-10(16-2)11(9)14/h3,5-6H,4,7-8H2,1-2H3. The van der Waals surface area contributed by atoms with E-state index in [0.29, 0.717) is 13.0 Å². The summed E-state index contributed by atoms with van der Waals surface area (Å²) in [5.41, 5.74) is -0.860. The van der Waals surface area contributed by atoms with Crippen molar-refractivity contribution in [1.29, 1.82) is 0 Å². The molecule has 0 aromatic heterocycles. The fourth-order valence-electron chi connectivity index (χ4n) is 2.09. The second-order valence-electron chi connectivity index (χ2n) is 4.33. The van der Waals surface area contributed by atoms with E-state index in [1.54, 1.807) is 13.0 Å². The minimum atomic E-state index is -0.896. The first-order valence-electron chi connectivity index (χ1n) is 5.60. The van der Waals surface area contributed by atoms with Gasteiger partial charge in [0.1, 0.15) is 5.60 Å². The number of benzene rings is 1. The van der Waals surface area contributed by atoms with Gasteiger partial charge in [-0.25, -0.2) is 4.39 Å². The van der Waals surface area contributed by atoms with Gasteiger partial charge in [0.25, 0.3) is 0 Å². The molecule has 4 heteroatoms. The zero-order chi connectivity index (χ0) is 12.5. The highest BCUT2D eigenvalue weighted by molar-refractivity contribution is 6.02. The third-order valence-corrected chi connectivity index (χ3v) is 3.13. The van der Waals surface area contributed by atoms with Gasteiger partial charge < -0.3 is 9.47 Å². The molecule has 0 spiro atoms. The Morgan fingerprint density at radius 1 is 1.53 bits per heavy atom. The lowest BCUT2D eigenvalue weighted by molar-refractivity contribution is 0.0209. The van der Waals surface area contributed by atoms with Crippen LogP contribution in [0.4, 0.5) is 4.39 Å². The summed E-state index contributed by atoms with van der Waals surface area (Å²) in [6, 6.07) is 4.56. The summed E-state index contributed by atoms with van der Waals surface area (Å²) in [7, 11) is 1.38. The number of halogens is 1. The van der Waals surface area contributed by atoms with Crippen LogP contribution in [0.5, 0.6) is 5.75 Å². The van der Waals surface area contributed by atoms with Gasteiger partial charge in [-0.05, 0) is 31.9 Å². The molecule has 17 heavy (non-hydrogen) atoms. The SMILES string of the molecule is COc1cccc(C(=O)C2(C)CCCO2)c1F. The number of ketones is 1. The van der Waals surface area contributed by atoms with E-state index >= 15 is 0 Å². The van der Waals surface area contributed by atoms with Gasteiger partial charge in [0.2, 0.25) is 0 Å². The van der Waals surface area contributed by atoms with Crippen molar-refractivity contribution in [3.8, 4) is 5.75 Å². The van der Waals surface area contributed by atoms with Crippen LogP contribution in [0.25, 0.3) is 0 Å². The van der Waals surface area contributed by atoms with E-state index in [0.717, 1.165) is 6.42 Å². The third-order valence-electron chi connectivity index (χ3n) is 3.13. The Kier molecular flexibility index (Phi) is 3.15. The minimum Gasteiger partial charge on any atom is -0.494 e. The van der Waals surface area contributed by atoms with Crippen molar-refractivity contribution in [2.75, 3.05) is 13.7 Å². The van der Waals surface area contributed by atoms with Crippen LogP contribution in [-0.4, -0.2) is 25.1 Å². The van der Waals surface area contributed by atoms with Crippen LogP contribution in [0, 0.1) is 5.82 Å². The summed E-state index contributed by atoms with van der Waals surface area (Å²) in [4.78, 5) is 12.2. The van der Waals surface area contributed by atoms with Crippen LogP contribution in [0.15, 0.2) is 18.2 Å². The number of methoxy groups -OCH3 is 1. The summed E-state index contributed by atoms with van der Waals surface area (Å²) in [6.45, 7) is 2.26. The van der Waals surface area contributed by atoms with Crippen molar-refractivity contribution in [2.45, 2.75) is 25.4 Å². The quantitative estimate of drug-likeness (QED) is 0.759. The van der Waals surface area contributed by atoms with Crippen LogP contribution in [0.3, 0.4) is 0 Å². The number of carbonyl (C=O) groups is 1. The first-order valence-corrected chi connectivity index (χ1v) is 5.60. The van der Waals surface area contributed by atoms with Gasteiger partial charge in [-0.2, -0.15) is 0 Å². The Labute approximate surface area is 99.5 Å². The van der Waals surface area contributed by atoms with E-state index in [-0.39, 0.29) is 17.1 Å². The summed E-state index contributed by atoms with van der Waals surface area (Å²) < 4.78 is 24.2. The zero-order valence-electron chi connectivity index (χ0n) is 9.96. The molecule has 2 rings (SSSR count). The lowest BCUT2D eigenvalue weighted by Crippen LogP contribution is -2.34. The molecule has 1 atom stereocenters. The van der Waals surface area contributed by atoms with Crippen molar-refractivity contribution in [3.63, 3.8) is 0 Å². The Balaban J connectivity index is 2.37. The summed E-state index contributed by atoms with van der Waals surface area (Å²) >= 11 is 0. The average Bonchev–Trinajstić information content (AvgIpc) is 2.77. The molecule has 1 heterocycles. The van der Waals surface area contributed by atoms with Gasteiger partial charge in [0.05, 0.1) is 12.7 Å². The molecule has 92 valence electrons. The lowest BCUT2D eigenvalue weighted by atomic mass is 9.91. The topological polar surface area (TPSA) is 35.5 Å². The lowest BCUT2D eigenvalue weighted by Gasteiger charge is -2.21. The van der Waals surface area contributed by atoms with Gasteiger partial charge in [0.15, 0.2) is 17.3 Å². The van der Waals surface area contributed by atoms with E-state index in [4.69, 9.17) is 9.47 Å². The Morgan fingerprint density at radius 3 is 2.88 bits per heavy atom. The van der Waals surface area contributed by atoms with Crippen molar-refractivity contribution in [3.05, 3.63) is 29.6 Å². The highest BCUT2D eigenvalue weighted by atomic mass is 19.1. The molecule has 0 amide bonds. The number of Topliss-reactive ketones (excluding diaryl/α,β-unsaturated/α-hetero) is 1. The molecule has 1 aliphatic heterocycles. The maximum Gasteiger partial charge on any atom is 0.197 e. The minimum absolute atomic E-state index is 0.0359. The molecule has 1 aliphatic rings. The molecule has 0 saturated carbocycles. The smallest absolute Gasteiger partial charge is 0.197 e. The second-order valence-corrected chi connectivity index (χ2v) is 4.33. The number of carbonyl (C=O) groups excluding carboxylic acids is 1. The Morgan fingerprint density at radius 2 is 2.29 bits per heavy atom. The van der Waals surface area contributed by atoms with E-state index in [1.807, 2.05) is 0 Å². The molecule has 3 nitrogen and oxygen atoms in total. The molecule has 0 bridgehead atoms. The zero-order valence-corrected chi connectivity index (χ0v) is 9.96. The molecular weight excluding hydrogens is 223 g/mol. The monoisotopic (exact) mass is 238 g/mol. The Hall–Kier alpha value is -1.42. The molecule has 0 N–H and O–H groups in total. The van der Waals surface area contributed by atoms with Crippen LogP contribution < -0.4 is 4.74 Å². The van der Waals surface area contributed by atoms with Crippen molar-refractivity contribution in [1.82, 2.24) is 0 Å². The van der Waals surface area contributed by atoms with Crippen molar-refractivity contribution in [2.24, 2.45) is 0 Å². The van der Waals surface area contributed by atoms with Crippen molar-refractivity contribution >= 4 is 5.78 Å². The van der Waals surface area contributed by atoms with Crippen LogP contribution in [0.2, 0.25) is 0 Å². The highest BCUT2D eigenvalue weighted by Gasteiger charge is 2.39. The number of rotatable bonds is 3. The summed E-state index contributed by atoms with van der Waals surface area (Å²) in [5.74, 6) is -0.847. The van der Waals surface area contributed by atoms with E-state index < -0.39 is 11.4 Å². The fourth-order valence-corrected chi connectivity index (χ4v) is 2.09. The van der Waals surface area contributed by atoms with Gasteiger partial charge >= 0.3 is 0 Å². The molecule has 1 fully saturated rings. The molecule has 1 aromatic carbocycles. The molecule has 0 radical (unpaired) electrons. The molecule has 1 unspecified atom stereocenters. The van der Waals surface area contributed by atoms with Gasteiger partial charge in [-0.1, -0.05) is 6.07 Å². The maximum absolute atomic E-state index is 13.9. The fraction of sp³-hybridized carbons (Fsp3) is 0.462. The summed E-state index contributed by atoms with van der Waals surface area (Å²) in [6.07, 6.45) is 1.45. The molecule has 0 aliphatic carbocycles.